The normalized spacial score (nSPS) is 14.7. The zero-order valence-electron chi connectivity index (χ0n) is 13.1. The molecule has 1 aromatic carbocycles. The largest absolute Gasteiger partial charge is 0.507 e. The fourth-order valence-corrected chi connectivity index (χ4v) is 3.44. The zero-order valence-corrected chi connectivity index (χ0v) is 13.9. The molecule has 0 aliphatic carbocycles. The number of halogens is 1. The van der Waals surface area contributed by atoms with Crippen LogP contribution in [0, 0.1) is 0 Å². The summed E-state index contributed by atoms with van der Waals surface area (Å²) in [6, 6.07) is 7.33. The lowest BCUT2D eigenvalue weighted by atomic mass is 9.83. The Morgan fingerprint density at radius 2 is 2.00 bits per heavy atom. The molecule has 0 saturated carbocycles. The first-order valence-electron chi connectivity index (χ1n) is 7.66. The van der Waals surface area contributed by atoms with Crippen LogP contribution in [0.15, 0.2) is 29.1 Å². The molecule has 1 aromatic heterocycles. The molecular formula is C18H20ClNO2. The lowest BCUT2D eigenvalue weighted by molar-refractivity contribution is 0.459. The Labute approximate surface area is 135 Å². The molecule has 0 bridgehead atoms. The van der Waals surface area contributed by atoms with Gasteiger partial charge in [-0.3, -0.25) is 9.36 Å². The van der Waals surface area contributed by atoms with Crippen molar-refractivity contribution >= 4 is 11.6 Å². The molecule has 0 radical (unpaired) electrons. The van der Waals surface area contributed by atoms with Crippen molar-refractivity contribution in [2.45, 2.75) is 45.4 Å². The van der Waals surface area contributed by atoms with Crippen LogP contribution in [0.4, 0.5) is 0 Å². The van der Waals surface area contributed by atoms with Gasteiger partial charge in [-0.05, 0) is 36.6 Å². The standard InChI is InChI=1S/C18H20ClNO2/c1-4-5-6-12-15(21)10-16-18(2,3)13-9-11(19)7-8-14(13)20(16)17(12)22/h7-10,21H,4-6H2,1-3H3. The van der Waals surface area contributed by atoms with E-state index in [0.29, 0.717) is 17.0 Å². The summed E-state index contributed by atoms with van der Waals surface area (Å²) in [6.45, 7) is 6.17. The number of benzene rings is 1. The Balaban J connectivity index is 2.30. The summed E-state index contributed by atoms with van der Waals surface area (Å²) in [5, 5.41) is 11.0. The third kappa shape index (κ3) is 2.07. The van der Waals surface area contributed by atoms with Crippen molar-refractivity contribution in [1.82, 2.24) is 4.57 Å². The number of aromatic hydroxyl groups is 1. The Morgan fingerprint density at radius 3 is 2.68 bits per heavy atom. The predicted octanol–water partition coefficient (Wildman–Crippen LogP) is 4.18. The highest BCUT2D eigenvalue weighted by molar-refractivity contribution is 6.30. The number of rotatable bonds is 3. The molecule has 0 amide bonds. The van der Waals surface area contributed by atoms with Gasteiger partial charge in [0.1, 0.15) is 5.75 Å². The Kier molecular flexibility index (Phi) is 3.56. The molecule has 0 spiro atoms. The van der Waals surface area contributed by atoms with Gasteiger partial charge in [-0.2, -0.15) is 0 Å². The van der Waals surface area contributed by atoms with Crippen molar-refractivity contribution in [3.05, 3.63) is 56.5 Å². The monoisotopic (exact) mass is 317 g/mol. The van der Waals surface area contributed by atoms with Crippen molar-refractivity contribution in [3.8, 4) is 11.4 Å². The first kappa shape index (κ1) is 15.2. The van der Waals surface area contributed by atoms with E-state index < -0.39 is 0 Å². The van der Waals surface area contributed by atoms with Gasteiger partial charge >= 0.3 is 0 Å². The summed E-state index contributed by atoms with van der Waals surface area (Å²) in [5.74, 6) is 0.108. The van der Waals surface area contributed by atoms with Crippen LogP contribution in [0.5, 0.6) is 5.75 Å². The van der Waals surface area contributed by atoms with Gasteiger partial charge in [-0.25, -0.2) is 0 Å². The molecule has 2 aromatic rings. The number of unbranched alkanes of at least 4 members (excludes halogenated alkanes) is 1. The van der Waals surface area contributed by atoms with Crippen LogP contribution in [0.2, 0.25) is 5.02 Å². The van der Waals surface area contributed by atoms with Crippen LogP contribution < -0.4 is 5.56 Å². The molecule has 3 rings (SSSR count). The Hall–Kier alpha value is -1.74. The minimum atomic E-state index is -0.361. The minimum absolute atomic E-state index is 0.108. The van der Waals surface area contributed by atoms with Crippen molar-refractivity contribution < 1.29 is 5.11 Å². The fraction of sp³-hybridized carbons (Fsp3) is 0.389. The van der Waals surface area contributed by atoms with E-state index in [-0.39, 0.29) is 16.7 Å². The van der Waals surface area contributed by atoms with E-state index in [1.54, 1.807) is 16.7 Å². The maximum absolute atomic E-state index is 12.9. The van der Waals surface area contributed by atoms with Gasteiger partial charge in [0.05, 0.1) is 11.3 Å². The van der Waals surface area contributed by atoms with E-state index in [2.05, 4.69) is 6.92 Å². The van der Waals surface area contributed by atoms with Crippen molar-refractivity contribution in [1.29, 1.82) is 0 Å². The summed E-state index contributed by atoms with van der Waals surface area (Å²) in [5.41, 5.74) is 2.73. The number of pyridine rings is 1. The Morgan fingerprint density at radius 1 is 1.27 bits per heavy atom. The summed E-state index contributed by atoms with van der Waals surface area (Å²) in [6.07, 6.45) is 2.47. The van der Waals surface area contributed by atoms with Crippen molar-refractivity contribution in [2.75, 3.05) is 0 Å². The van der Waals surface area contributed by atoms with Gasteiger partial charge in [0.2, 0.25) is 0 Å². The van der Waals surface area contributed by atoms with E-state index in [1.165, 1.54) is 0 Å². The van der Waals surface area contributed by atoms with Crippen LogP contribution in [-0.2, 0) is 11.8 Å². The summed E-state index contributed by atoms with van der Waals surface area (Å²) < 4.78 is 1.73. The second-order valence-corrected chi connectivity index (χ2v) is 6.86. The lowest BCUT2D eigenvalue weighted by Gasteiger charge is -2.20. The molecule has 4 heteroatoms. The Bertz CT molecular complexity index is 805. The van der Waals surface area contributed by atoms with E-state index in [0.717, 1.165) is 29.8 Å². The highest BCUT2D eigenvalue weighted by atomic mass is 35.5. The number of hydrogen-bond donors (Lipinski definition) is 1. The predicted molar refractivity (Wildman–Crippen MR) is 89.5 cm³/mol. The van der Waals surface area contributed by atoms with Gasteiger partial charge in [-0.1, -0.05) is 38.8 Å². The van der Waals surface area contributed by atoms with Crippen LogP contribution in [-0.4, -0.2) is 9.67 Å². The van der Waals surface area contributed by atoms with Gasteiger partial charge in [-0.15, -0.1) is 0 Å². The zero-order chi connectivity index (χ0) is 16.1. The first-order chi connectivity index (χ1) is 10.4. The maximum atomic E-state index is 12.9. The van der Waals surface area contributed by atoms with Crippen LogP contribution in [0.1, 0.15) is 50.4 Å². The SMILES string of the molecule is CCCCc1c(O)cc2n(c1=O)-c1ccc(Cl)cc1C2(C)C. The fourth-order valence-electron chi connectivity index (χ4n) is 3.26. The van der Waals surface area contributed by atoms with Crippen LogP contribution >= 0.6 is 11.6 Å². The number of aromatic nitrogens is 1. The molecule has 0 atom stereocenters. The molecule has 0 unspecified atom stereocenters. The quantitative estimate of drug-likeness (QED) is 0.922. The van der Waals surface area contributed by atoms with Gasteiger partial charge in [0, 0.05) is 22.2 Å². The molecule has 0 fully saturated rings. The van der Waals surface area contributed by atoms with Crippen molar-refractivity contribution in [3.63, 3.8) is 0 Å². The molecule has 2 heterocycles. The highest BCUT2D eigenvalue weighted by Crippen LogP contribution is 2.43. The van der Waals surface area contributed by atoms with E-state index in [9.17, 15) is 9.90 Å². The first-order valence-corrected chi connectivity index (χ1v) is 8.04. The summed E-state index contributed by atoms with van der Waals surface area (Å²) in [7, 11) is 0. The second kappa shape index (κ2) is 5.17. The third-order valence-electron chi connectivity index (χ3n) is 4.58. The van der Waals surface area contributed by atoms with Crippen LogP contribution in [0.3, 0.4) is 0 Å². The van der Waals surface area contributed by atoms with E-state index >= 15 is 0 Å². The average Bonchev–Trinajstić information content (AvgIpc) is 2.67. The third-order valence-corrected chi connectivity index (χ3v) is 4.81. The molecule has 116 valence electrons. The van der Waals surface area contributed by atoms with Gasteiger partial charge in [0.25, 0.3) is 5.56 Å². The number of fused-ring (bicyclic) bond motifs is 3. The summed E-state index contributed by atoms with van der Waals surface area (Å²) in [4.78, 5) is 12.9. The molecule has 1 aliphatic heterocycles. The maximum Gasteiger partial charge on any atom is 0.262 e. The smallest absolute Gasteiger partial charge is 0.262 e. The van der Waals surface area contributed by atoms with E-state index in [1.807, 2.05) is 26.0 Å². The van der Waals surface area contributed by atoms with Gasteiger partial charge in [0.15, 0.2) is 0 Å². The average molecular weight is 318 g/mol. The van der Waals surface area contributed by atoms with Crippen molar-refractivity contribution in [2.24, 2.45) is 0 Å². The molecule has 1 aliphatic rings. The highest BCUT2D eigenvalue weighted by Gasteiger charge is 2.37. The number of nitrogens with zero attached hydrogens (tertiary/aromatic N) is 1. The van der Waals surface area contributed by atoms with Crippen LogP contribution in [0.25, 0.3) is 5.69 Å². The molecule has 22 heavy (non-hydrogen) atoms. The lowest BCUT2D eigenvalue weighted by Crippen LogP contribution is -2.26. The second-order valence-electron chi connectivity index (χ2n) is 6.42. The topological polar surface area (TPSA) is 42.2 Å². The molecular weight excluding hydrogens is 298 g/mol. The van der Waals surface area contributed by atoms with E-state index in [4.69, 9.17) is 11.6 Å². The van der Waals surface area contributed by atoms with Gasteiger partial charge < -0.3 is 5.11 Å². The molecule has 1 N–H and O–H groups in total. The minimum Gasteiger partial charge on any atom is -0.507 e. The summed E-state index contributed by atoms with van der Waals surface area (Å²) >= 11 is 6.13. The number of hydrogen-bond acceptors (Lipinski definition) is 2. The molecule has 3 nitrogen and oxygen atoms in total. The molecule has 0 saturated heterocycles.